The summed E-state index contributed by atoms with van der Waals surface area (Å²) < 4.78 is 0. The van der Waals surface area contributed by atoms with Crippen molar-refractivity contribution in [1.29, 1.82) is 0 Å². The molecule has 1 aliphatic carbocycles. The molecule has 1 amide bonds. The van der Waals surface area contributed by atoms with Gasteiger partial charge in [-0.15, -0.1) is 11.6 Å². The van der Waals surface area contributed by atoms with Gasteiger partial charge < -0.3 is 5.32 Å². The Hall–Kier alpha value is -1.02. The SMILES string of the molecule is CC1(C)C(=O)Nc2ccc(C(Cl)CC3CCC3)cc21. The summed E-state index contributed by atoms with van der Waals surface area (Å²) in [6.45, 7) is 3.93. The van der Waals surface area contributed by atoms with Crippen LogP contribution in [0.3, 0.4) is 0 Å². The highest BCUT2D eigenvalue weighted by Crippen LogP contribution is 2.42. The molecule has 1 fully saturated rings. The van der Waals surface area contributed by atoms with Crippen LogP contribution in [0, 0.1) is 5.92 Å². The van der Waals surface area contributed by atoms with Crippen molar-refractivity contribution in [2.24, 2.45) is 5.92 Å². The maximum atomic E-state index is 11.9. The molecule has 0 bridgehead atoms. The van der Waals surface area contributed by atoms with Crippen molar-refractivity contribution in [2.45, 2.75) is 50.3 Å². The molecule has 102 valence electrons. The number of anilines is 1. The first-order valence-corrected chi connectivity index (χ1v) is 7.52. The molecule has 2 aliphatic rings. The summed E-state index contributed by atoms with van der Waals surface area (Å²) in [5.74, 6) is 0.869. The second-order valence-corrected chi connectivity index (χ2v) is 6.91. The van der Waals surface area contributed by atoms with E-state index in [0.717, 1.165) is 29.2 Å². The number of halogens is 1. The Morgan fingerprint density at radius 1 is 1.42 bits per heavy atom. The van der Waals surface area contributed by atoms with Crippen molar-refractivity contribution in [3.63, 3.8) is 0 Å². The lowest BCUT2D eigenvalue weighted by molar-refractivity contribution is -0.119. The molecule has 1 aromatic carbocycles. The molecular weight excluding hydrogens is 258 g/mol. The number of amides is 1. The van der Waals surface area contributed by atoms with Crippen LogP contribution in [0.2, 0.25) is 0 Å². The van der Waals surface area contributed by atoms with Crippen molar-refractivity contribution in [3.8, 4) is 0 Å². The number of carbonyl (C=O) groups is 1. The number of alkyl halides is 1. The van der Waals surface area contributed by atoms with Crippen LogP contribution < -0.4 is 5.32 Å². The summed E-state index contributed by atoms with van der Waals surface area (Å²) in [6, 6.07) is 6.16. The van der Waals surface area contributed by atoms with E-state index in [1.54, 1.807) is 0 Å². The van der Waals surface area contributed by atoms with Crippen LogP contribution in [0.4, 0.5) is 5.69 Å². The van der Waals surface area contributed by atoms with E-state index in [4.69, 9.17) is 11.6 Å². The molecule has 1 atom stereocenters. The predicted molar refractivity (Wildman–Crippen MR) is 78.6 cm³/mol. The summed E-state index contributed by atoms with van der Waals surface area (Å²) in [5.41, 5.74) is 2.72. The van der Waals surface area contributed by atoms with E-state index in [1.165, 1.54) is 19.3 Å². The Kier molecular flexibility index (Phi) is 3.09. The van der Waals surface area contributed by atoms with Gasteiger partial charge in [0.2, 0.25) is 5.91 Å². The minimum atomic E-state index is -0.446. The quantitative estimate of drug-likeness (QED) is 0.816. The molecule has 1 aliphatic heterocycles. The van der Waals surface area contributed by atoms with Crippen LogP contribution in [-0.4, -0.2) is 5.91 Å². The molecule has 1 saturated carbocycles. The van der Waals surface area contributed by atoms with Crippen LogP contribution >= 0.6 is 11.6 Å². The van der Waals surface area contributed by atoms with Gasteiger partial charge in [0.15, 0.2) is 0 Å². The van der Waals surface area contributed by atoms with Gasteiger partial charge in [0.1, 0.15) is 0 Å². The summed E-state index contributed by atoms with van der Waals surface area (Å²) in [5, 5.41) is 3.01. The molecule has 1 unspecified atom stereocenters. The standard InChI is InChI=1S/C16H20ClNO/c1-16(2)12-9-11(6-7-14(12)18-15(16)19)13(17)8-10-4-3-5-10/h6-7,9-10,13H,3-5,8H2,1-2H3,(H,18,19). The smallest absolute Gasteiger partial charge is 0.234 e. The molecule has 0 radical (unpaired) electrons. The number of rotatable bonds is 3. The molecule has 3 heteroatoms. The average Bonchev–Trinajstić information content (AvgIpc) is 2.55. The van der Waals surface area contributed by atoms with Crippen LogP contribution in [-0.2, 0) is 10.2 Å². The highest BCUT2D eigenvalue weighted by Gasteiger charge is 2.38. The second kappa shape index (κ2) is 4.52. The molecule has 1 aromatic rings. The highest BCUT2D eigenvalue weighted by atomic mass is 35.5. The van der Waals surface area contributed by atoms with Crippen LogP contribution in [0.5, 0.6) is 0 Å². The summed E-state index contributed by atoms with van der Waals surface area (Å²) in [7, 11) is 0. The lowest BCUT2D eigenvalue weighted by atomic mass is 9.80. The maximum absolute atomic E-state index is 11.9. The van der Waals surface area contributed by atoms with Crippen molar-refractivity contribution in [3.05, 3.63) is 29.3 Å². The first-order valence-electron chi connectivity index (χ1n) is 7.08. The average molecular weight is 278 g/mol. The zero-order valence-corrected chi connectivity index (χ0v) is 12.3. The van der Waals surface area contributed by atoms with Crippen molar-refractivity contribution in [2.75, 3.05) is 5.32 Å². The Morgan fingerprint density at radius 3 is 2.79 bits per heavy atom. The first kappa shape index (κ1) is 13.0. The molecule has 19 heavy (non-hydrogen) atoms. The molecule has 2 nitrogen and oxygen atoms in total. The number of hydrogen-bond acceptors (Lipinski definition) is 1. The fourth-order valence-corrected chi connectivity index (χ4v) is 3.33. The third kappa shape index (κ3) is 2.16. The number of benzene rings is 1. The highest BCUT2D eigenvalue weighted by molar-refractivity contribution is 6.21. The second-order valence-electron chi connectivity index (χ2n) is 6.38. The third-order valence-electron chi connectivity index (χ3n) is 4.66. The maximum Gasteiger partial charge on any atom is 0.234 e. The minimum absolute atomic E-state index is 0.0714. The lowest BCUT2D eigenvalue weighted by Gasteiger charge is -2.27. The molecule has 1 N–H and O–H groups in total. The normalized spacial score (nSPS) is 22.6. The molecule has 3 rings (SSSR count). The third-order valence-corrected chi connectivity index (χ3v) is 5.09. The van der Waals surface area contributed by atoms with Crippen LogP contribution in [0.25, 0.3) is 0 Å². The van der Waals surface area contributed by atoms with Crippen molar-refractivity contribution in [1.82, 2.24) is 0 Å². The molecule has 0 saturated heterocycles. The summed E-state index contributed by atoms with van der Waals surface area (Å²) in [6.07, 6.45) is 5.05. The Bertz CT molecular complexity index is 519. The minimum Gasteiger partial charge on any atom is -0.325 e. The molecule has 1 heterocycles. The Labute approximate surface area is 119 Å². The van der Waals surface area contributed by atoms with Gasteiger partial charge in [-0.1, -0.05) is 31.4 Å². The van der Waals surface area contributed by atoms with E-state index in [-0.39, 0.29) is 11.3 Å². The van der Waals surface area contributed by atoms with E-state index in [2.05, 4.69) is 17.4 Å². The number of fused-ring (bicyclic) bond motifs is 1. The van der Waals surface area contributed by atoms with Crippen LogP contribution in [0.1, 0.15) is 56.0 Å². The lowest BCUT2D eigenvalue weighted by Crippen LogP contribution is -2.26. The fraction of sp³-hybridized carbons (Fsp3) is 0.562. The summed E-state index contributed by atoms with van der Waals surface area (Å²) in [4.78, 5) is 11.9. The van der Waals surface area contributed by atoms with E-state index < -0.39 is 5.41 Å². The van der Waals surface area contributed by atoms with Gasteiger partial charge in [0, 0.05) is 5.69 Å². The molecule has 0 aromatic heterocycles. The van der Waals surface area contributed by atoms with Gasteiger partial charge in [-0.05, 0) is 43.4 Å². The fourth-order valence-electron chi connectivity index (χ4n) is 2.94. The first-order chi connectivity index (χ1) is 8.98. The largest absolute Gasteiger partial charge is 0.325 e. The van der Waals surface area contributed by atoms with Gasteiger partial charge in [0.25, 0.3) is 0 Å². The number of carbonyl (C=O) groups excluding carboxylic acids is 1. The molecular formula is C16H20ClNO. The van der Waals surface area contributed by atoms with Gasteiger partial charge in [-0.3, -0.25) is 4.79 Å². The summed E-state index contributed by atoms with van der Waals surface area (Å²) >= 11 is 6.54. The van der Waals surface area contributed by atoms with Crippen molar-refractivity contribution >= 4 is 23.2 Å². The van der Waals surface area contributed by atoms with Gasteiger partial charge in [-0.2, -0.15) is 0 Å². The zero-order chi connectivity index (χ0) is 13.6. The zero-order valence-electron chi connectivity index (χ0n) is 11.5. The number of hydrogen-bond donors (Lipinski definition) is 1. The monoisotopic (exact) mass is 277 g/mol. The topological polar surface area (TPSA) is 29.1 Å². The van der Waals surface area contributed by atoms with E-state index in [0.29, 0.717) is 0 Å². The van der Waals surface area contributed by atoms with E-state index >= 15 is 0 Å². The molecule has 0 spiro atoms. The van der Waals surface area contributed by atoms with Crippen LogP contribution in [0.15, 0.2) is 18.2 Å². The van der Waals surface area contributed by atoms with Gasteiger partial charge in [-0.25, -0.2) is 0 Å². The van der Waals surface area contributed by atoms with Crippen molar-refractivity contribution < 1.29 is 4.79 Å². The number of nitrogens with one attached hydrogen (secondary N) is 1. The van der Waals surface area contributed by atoms with E-state index in [1.807, 2.05) is 19.9 Å². The Morgan fingerprint density at radius 2 is 2.16 bits per heavy atom. The van der Waals surface area contributed by atoms with Gasteiger partial charge in [0.05, 0.1) is 10.8 Å². The van der Waals surface area contributed by atoms with Gasteiger partial charge >= 0.3 is 0 Å². The van der Waals surface area contributed by atoms with E-state index in [9.17, 15) is 4.79 Å². The Balaban J connectivity index is 1.85. The predicted octanol–water partition coefficient (Wildman–Crippen LogP) is 4.39.